The van der Waals surface area contributed by atoms with Gasteiger partial charge in [0.1, 0.15) is 17.3 Å². The first-order valence-electron chi connectivity index (χ1n) is 8.74. The van der Waals surface area contributed by atoms with Crippen LogP contribution in [0.15, 0.2) is 59.2 Å². The first-order chi connectivity index (χ1) is 13.3. The van der Waals surface area contributed by atoms with Crippen molar-refractivity contribution in [1.82, 2.24) is 15.3 Å². The molecule has 27 heavy (non-hydrogen) atoms. The van der Waals surface area contributed by atoms with Crippen molar-refractivity contribution < 1.29 is 13.9 Å². The summed E-state index contributed by atoms with van der Waals surface area (Å²) in [5.41, 5.74) is 1.14. The standard InChI is InChI=1S/C20H22N4O3/c1-26-11-6-10-21-18-13-17(20(25)22-14-16-9-5-12-27-16)23-19(24-18)15-7-3-2-4-8-15/h2-5,7-9,12-13H,6,10-11,14H2,1H3,(H,22,25)(H,21,23,24). The Balaban J connectivity index is 1.79. The molecule has 0 aliphatic rings. The van der Waals surface area contributed by atoms with Gasteiger partial charge in [-0.3, -0.25) is 4.79 Å². The summed E-state index contributed by atoms with van der Waals surface area (Å²) < 4.78 is 10.3. The molecule has 0 unspecified atom stereocenters. The second-order valence-electron chi connectivity index (χ2n) is 5.86. The summed E-state index contributed by atoms with van der Waals surface area (Å²) in [6.45, 7) is 1.64. The summed E-state index contributed by atoms with van der Waals surface area (Å²) in [6, 6.07) is 14.8. The average molecular weight is 366 g/mol. The minimum atomic E-state index is -0.286. The summed E-state index contributed by atoms with van der Waals surface area (Å²) in [5, 5.41) is 6.04. The molecular weight excluding hydrogens is 344 g/mol. The number of benzene rings is 1. The fraction of sp³-hybridized carbons (Fsp3) is 0.250. The second kappa shape index (κ2) is 9.49. The summed E-state index contributed by atoms with van der Waals surface area (Å²) >= 11 is 0. The van der Waals surface area contributed by atoms with Crippen LogP contribution in [0.5, 0.6) is 0 Å². The van der Waals surface area contributed by atoms with E-state index >= 15 is 0 Å². The summed E-state index contributed by atoms with van der Waals surface area (Å²) in [7, 11) is 1.67. The molecule has 0 fully saturated rings. The van der Waals surface area contributed by atoms with Crippen molar-refractivity contribution in [3.8, 4) is 11.4 Å². The van der Waals surface area contributed by atoms with E-state index in [0.717, 1.165) is 12.0 Å². The van der Waals surface area contributed by atoms with Crippen molar-refractivity contribution in [2.75, 3.05) is 25.6 Å². The molecule has 140 valence electrons. The third-order valence-corrected chi connectivity index (χ3v) is 3.83. The molecule has 0 bridgehead atoms. The van der Waals surface area contributed by atoms with Gasteiger partial charge in [-0.05, 0) is 18.6 Å². The lowest BCUT2D eigenvalue weighted by molar-refractivity contribution is 0.0943. The van der Waals surface area contributed by atoms with Gasteiger partial charge in [0.25, 0.3) is 5.91 Å². The topological polar surface area (TPSA) is 89.3 Å². The maximum atomic E-state index is 12.6. The Morgan fingerprint density at radius 1 is 1.15 bits per heavy atom. The highest BCUT2D eigenvalue weighted by molar-refractivity contribution is 5.93. The maximum absolute atomic E-state index is 12.6. The van der Waals surface area contributed by atoms with Gasteiger partial charge in [0.2, 0.25) is 0 Å². The number of aromatic nitrogens is 2. The molecule has 0 radical (unpaired) electrons. The highest BCUT2D eigenvalue weighted by atomic mass is 16.5. The number of hydrogen-bond donors (Lipinski definition) is 2. The number of furan rings is 1. The maximum Gasteiger partial charge on any atom is 0.270 e. The predicted molar refractivity (Wildman–Crippen MR) is 102 cm³/mol. The van der Waals surface area contributed by atoms with Crippen LogP contribution in [0.2, 0.25) is 0 Å². The van der Waals surface area contributed by atoms with Gasteiger partial charge >= 0.3 is 0 Å². The molecule has 0 aliphatic heterocycles. The first kappa shape index (κ1) is 18.6. The molecule has 0 saturated heterocycles. The number of hydrogen-bond acceptors (Lipinski definition) is 6. The van der Waals surface area contributed by atoms with E-state index in [-0.39, 0.29) is 5.91 Å². The number of nitrogens with zero attached hydrogens (tertiary/aromatic N) is 2. The van der Waals surface area contributed by atoms with E-state index in [4.69, 9.17) is 9.15 Å². The van der Waals surface area contributed by atoms with Crippen LogP contribution in [0, 0.1) is 0 Å². The Labute approximate surface area is 157 Å². The van der Waals surface area contributed by atoms with Crippen LogP contribution in [0.4, 0.5) is 5.82 Å². The number of carbonyl (C=O) groups excluding carboxylic acids is 1. The molecule has 2 aromatic heterocycles. The van der Waals surface area contributed by atoms with E-state index in [0.29, 0.717) is 42.8 Å². The lowest BCUT2D eigenvalue weighted by Crippen LogP contribution is -2.24. The largest absolute Gasteiger partial charge is 0.467 e. The Kier molecular flexibility index (Phi) is 6.54. The summed E-state index contributed by atoms with van der Waals surface area (Å²) in [6.07, 6.45) is 2.41. The highest BCUT2D eigenvalue weighted by Crippen LogP contribution is 2.18. The summed E-state index contributed by atoms with van der Waals surface area (Å²) in [4.78, 5) is 21.5. The molecule has 0 saturated carbocycles. The van der Waals surface area contributed by atoms with Gasteiger partial charge in [0.15, 0.2) is 5.82 Å². The molecule has 7 nitrogen and oxygen atoms in total. The zero-order valence-corrected chi connectivity index (χ0v) is 15.1. The quantitative estimate of drug-likeness (QED) is 0.566. The smallest absolute Gasteiger partial charge is 0.270 e. The molecule has 3 aromatic rings. The molecule has 2 heterocycles. The average Bonchev–Trinajstić information content (AvgIpc) is 3.23. The summed E-state index contributed by atoms with van der Waals surface area (Å²) in [5.74, 6) is 1.49. The Bertz CT molecular complexity index is 851. The van der Waals surface area contributed by atoms with E-state index < -0.39 is 0 Å². The molecule has 0 aliphatic carbocycles. The molecular formula is C20H22N4O3. The normalized spacial score (nSPS) is 10.6. The highest BCUT2D eigenvalue weighted by Gasteiger charge is 2.13. The fourth-order valence-electron chi connectivity index (χ4n) is 2.47. The molecule has 1 aromatic carbocycles. The predicted octanol–water partition coefficient (Wildman–Crippen LogP) is 3.12. The van der Waals surface area contributed by atoms with E-state index in [1.807, 2.05) is 30.3 Å². The Morgan fingerprint density at radius 3 is 2.74 bits per heavy atom. The number of nitrogens with one attached hydrogen (secondary N) is 2. The third kappa shape index (κ3) is 5.39. The van der Waals surface area contributed by atoms with Crippen LogP contribution in [0.25, 0.3) is 11.4 Å². The zero-order valence-electron chi connectivity index (χ0n) is 15.1. The minimum Gasteiger partial charge on any atom is -0.467 e. The lowest BCUT2D eigenvalue weighted by Gasteiger charge is -2.10. The van der Waals surface area contributed by atoms with Crippen LogP contribution < -0.4 is 10.6 Å². The van der Waals surface area contributed by atoms with Crippen molar-refractivity contribution in [1.29, 1.82) is 0 Å². The molecule has 7 heteroatoms. The second-order valence-corrected chi connectivity index (χ2v) is 5.86. The van der Waals surface area contributed by atoms with Crippen molar-refractivity contribution in [3.05, 3.63) is 66.2 Å². The van der Waals surface area contributed by atoms with Crippen molar-refractivity contribution in [3.63, 3.8) is 0 Å². The zero-order chi connectivity index (χ0) is 18.9. The number of ether oxygens (including phenoxy) is 1. The van der Waals surface area contributed by atoms with E-state index in [9.17, 15) is 4.79 Å². The number of carbonyl (C=O) groups is 1. The van der Waals surface area contributed by atoms with Crippen LogP contribution >= 0.6 is 0 Å². The van der Waals surface area contributed by atoms with Crippen molar-refractivity contribution in [2.45, 2.75) is 13.0 Å². The van der Waals surface area contributed by atoms with Crippen molar-refractivity contribution in [2.24, 2.45) is 0 Å². The number of methoxy groups -OCH3 is 1. The van der Waals surface area contributed by atoms with Crippen LogP contribution in [-0.4, -0.2) is 36.1 Å². The number of rotatable bonds is 9. The SMILES string of the molecule is COCCCNc1cc(C(=O)NCc2ccco2)nc(-c2ccccc2)n1. The van der Waals surface area contributed by atoms with E-state index in [1.54, 1.807) is 31.6 Å². The van der Waals surface area contributed by atoms with E-state index in [2.05, 4.69) is 20.6 Å². The fourth-order valence-corrected chi connectivity index (χ4v) is 2.47. The van der Waals surface area contributed by atoms with Gasteiger partial charge < -0.3 is 19.8 Å². The monoisotopic (exact) mass is 366 g/mol. The molecule has 0 atom stereocenters. The van der Waals surface area contributed by atoms with E-state index in [1.165, 1.54) is 0 Å². The van der Waals surface area contributed by atoms with Crippen LogP contribution in [0.3, 0.4) is 0 Å². The number of amides is 1. The Morgan fingerprint density at radius 2 is 2.00 bits per heavy atom. The van der Waals surface area contributed by atoms with Gasteiger partial charge in [-0.1, -0.05) is 30.3 Å². The Hall–Kier alpha value is -3.19. The minimum absolute atomic E-state index is 0.286. The van der Waals surface area contributed by atoms with Gasteiger partial charge in [-0.2, -0.15) is 0 Å². The molecule has 2 N–H and O–H groups in total. The lowest BCUT2D eigenvalue weighted by atomic mass is 10.2. The van der Waals surface area contributed by atoms with Crippen molar-refractivity contribution >= 4 is 11.7 Å². The number of anilines is 1. The van der Waals surface area contributed by atoms with Crippen LogP contribution in [-0.2, 0) is 11.3 Å². The van der Waals surface area contributed by atoms with Gasteiger partial charge in [-0.15, -0.1) is 0 Å². The van der Waals surface area contributed by atoms with Gasteiger partial charge in [-0.25, -0.2) is 9.97 Å². The third-order valence-electron chi connectivity index (χ3n) is 3.83. The molecule has 0 spiro atoms. The first-order valence-corrected chi connectivity index (χ1v) is 8.74. The van der Waals surface area contributed by atoms with Gasteiger partial charge in [0, 0.05) is 31.9 Å². The molecule has 1 amide bonds. The van der Waals surface area contributed by atoms with Gasteiger partial charge in [0.05, 0.1) is 12.8 Å². The molecule has 3 rings (SSSR count). The van der Waals surface area contributed by atoms with Crippen LogP contribution in [0.1, 0.15) is 22.7 Å².